The number of hydrogen-bond acceptors (Lipinski definition) is 3. The third-order valence-corrected chi connectivity index (χ3v) is 4.09. The van der Waals surface area contributed by atoms with Crippen molar-refractivity contribution in [1.29, 1.82) is 0 Å². The predicted molar refractivity (Wildman–Crippen MR) is 76.3 cm³/mol. The van der Waals surface area contributed by atoms with Gasteiger partial charge in [-0.15, -0.1) is 11.8 Å². The van der Waals surface area contributed by atoms with Gasteiger partial charge in [0.25, 0.3) is 0 Å². The van der Waals surface area contributed by atoms with Crippen molar-refractivity contribution in [3.05, 3.63) is 34.4 Å². The van der Waals surface area contributed by atoms with Gasteiger partial charge in [0.15, 0.2) is 0 Å². The van der Waals surface area contributed by atoms with Gasteiger partial charge in [0.2, 0.25) is 0 Å². The average molecular weight is 312 g/mol. The first-order valence-electron chi connectivity index (χ1n) is 5.28. The van der Waals surface area contributed by atoms with E-state index < -0.39 is 0 Å². The molecule has 0 saturated heterocycles. The minimum absolute atomic E-state index is 0.774. The highest BCUT2D eigenvalue weighted by molar-refractivity contribution is 9.10. The summed E-state index contributed by atoms with van der Waals surface area (Å²) in [5, 5.41) is 10.5. The normalized spacial score (nSPS) is 10.8. The minimum Gasteiger partial charge on any atom is -0.314 e. The lowest BCUT2D eigenvalue weighted by molar-refractivity contribution is 0.781. The Balaban J connectivity index is 2.32. The van der Waals surface area contributed by atoms with Crippen LogP contribution < -0.4 is 5.32 Å². The summed E-state index contributed by atoms with van der Waals surface area (Å²) >= 11 is 5.33. The molecule has 3 nitrogen and oxygen atoms in total. The number of thioether (sulfide) groups is 1. The van der Waals surface area contributed by atoms with Crippen molar-refractivity contribution >= 4 is 27.7 Å². The summed E-state index contributed by atoms with van der Waals surface area (Å²) in [6.45, 7) is 0.774. The van der Waals surface area contributed by atoms with Crippen molar-refractivity contribution in [2.45, 2.75) is 11.4 Å². The van der Waals surface area contributed by atoms with Gasteiger partial charge in [-0.05, 0) is 41.4 Å². The first-order valence-corrected chi connectivity index (χ1v) is 7.29. The highest BCUT2D eigenvalue weighted by atomic mass is 79.9. The van der Waals surface area contributed by atoms with Gasteiger partial charge >= 0.3 is 0 Å². The number of halogens is 1. The largest absolute Gasteiger partial charge is 0.314 e. The highest BCUT2D eigenvalue weighted by Crippen LogP contribution is 2.29. The maximum Gasteiger partial charge on any atom is 0.107 e. The molecule has 0 bridgehead atoms. The van der Waals surface area contributed by atoms with Gasteiger partial charge in [-0.2, -0.15) is 5.10 Å². The molecule has 1 heterocycles. The molecule has 1 aromatic heterocycles. The standard InChI is InChI=1S/C12H14BrN3S/c1-14-7-10-11(13)12(16-15-10)8-3-5-9(17-2)6-4-8/h3-6,14H,7H2,1-2H3,(H,15,16). The molecule has 0 unspecified atom stereocenters. The highest BCUT2D eigenvalue weighted by Gasteiger charge is 2.11. The van der Waals surface area contributed by atoms with Gasteiger partial charge in [-0.1, -0.05) is 12.1 Å². The lowest BCUT2D eigenvalue weighted by Gasteiger charge is -2.00. The van der Waals surface area contributed by atoms with Crippen LogP contribution in [-0.4, -0.2) is 23.5 Å². The Hall–Kier alpha value is -0.780. The molecule has 0 saturated carbocycles. The number of rotatable bonds is 4. The van der Waals surface area contributed by atoms with E-state index in [1.807, 2.05) is 7.05 Å². The summed E-state index contributed by atoms with van der Waals surface area (Å²) in [6.07, 6.45) is 2.07. The van der Waals surface area contributed by atoms with E-state index in [1.165, 1.54) is 4.90 Å². The summed E-state index contributed by atoms with van der Waals surface area (Å²) in [5.41, 5.74) is 3.15. The number of nitrogens with one attached hydrogen (secondary N) is 2. The van der Waals surface area contributed by atoms with Gasteiger partial charge in [0, 0.05) is 17.0 Å². The predicted octanol–water partition coefficient (Wildman–Crippen LogP) is 3.28. The van der Waals surface area contributed by atoms with Gasteiger partial charge in [0.1, 0.15) is 5.69 Å². The SMILES string of the molecule is CNCc1[nH]nc(-c2ccc(SC)cc2)c1Br. The van der Waals surface area contributed by atoms with Crippen LogP contribution in [0.5, 0.6) is 0 Å². The molecule has 5 heteroatoms. The van der Waals surface area contributed by atoms with Crippen molar-refractivity contribution in [3.8, 4) is 11.3 Å². The lowest BCUT2D eigenvalue weighted by atomic mass is 10.1. The van der Waals surface area contributed by atoms with Crippen LogP contribution in [0.4, 0.5) is 0 Å². The number of benzene rings is 1. The maximum absolute atomic E-state index is 4.34. The van der Waals surface area contributed by atoms with E-state index in [9.17, 15) is 0 Å². The van der Waals surface area contributed by atoms with E-state index in [0.29, 0.717) is 0 Å². The number of aromatic amines is 1. The molecular formula is C12H14BrN3S. The zero-order chi connectivity index (χ0) is 12.3. The molecule has 2 aromatic rings. The molecule has 0 radical (unpaired) electrons. The van der Waals surface area contributed by atoms with Crippen molar-refractivity contribution in [3.63, 3.8) is 0 Å². The lowest BCUT2D eigenvalue weighted by Crippen LogP contribution is -2.05. The Bertz CT molecular complexity index is 493. The van der Waals surface area contributed by atoms with Crippen LogP contribution in [0.15, 0.2) is 33.6 Å². The van der Waals surface area contributed by atoms with E-state index in [2.05, 4.69) is 62.0 Å². The molecule has 17 heavy (non-hydrogen) atoms. The molecule has 2 N–H and O–H groups in total. The molecule has 2 rings (SSSR count). The van der Waals surface area contributed by atoms with Crippen molar-refractivity contribution in [2.75, 3.05) is 13.3 Å². The van der Waals surface area contributed by atoms with Gasteiger partial charge in [-0.3, -0.25) is 5.10 Å². The quantitative estimate of drug-likeness (QED) is 0.851. The molecular weight excluding hydrogens is 298 g/mol. The first kappa shape index (κ1) is 12.7. The molecule has 0 spiro atoms. The van der Waals surface area contributed by atoms with E-state index in [1.54, 1.807) is 11.8 Å². The molecule has 1 aromatic carbocycles. The van der Waals surface area contributed by atoms with E-state index >= 15 is 0 Å². The number of aromatic nitrogens is 2. The number of hydrogen-bond donors (Lipinski definition) is 2. The van der Waals surface area contributed by atoms with Gasteiger partial charge in [0.05, 0.1) is 10.2 Å². The number of nitrogens with zero attached hydrogens (tertiary/aromatic N) is 1. The maximum atomic E-state index is 4.34. The zero-order valence-corrected chi connectivity index (χ0v) is 12.2. The van der Waals surface area contributed by atoms with Crippen LogP contribution in [0.1, 0.15) is 5.69 Å². The Morgan fingerprint density at radius 1 is 1.35 bits per heavy atom. The zero-order valence-electron chi connectivity index (χ0n) is 9.75. The monoisotopic (exact) mass is 311 g/mol. The second-order valence-corrected chi connectivity index (χ2v) is 5.30. The Labute approximate surface area is 114 Å². The third-order valence-electron chi connectivity index (χ3n) is 2.49. The van der Waals surface area contributed by atoms with Crippen LogP contribution in [0.2, 0.25) is 0 Å². The van der Waals surface area contributed by atoms with Crippen molar-refractivity contribution in [2.24, 2.45) is 0 Å². The van der Waals surface area contributed by atoms with Crippen LogP contribution in [0.3, 0.4) is 0 Å². The molecule has 0 aliphatic carbocycles. The fourth-order valence-corrected chi connectivity index (χ4v) is 2.55. The summed E-state index contributed by atoms with van der Waals surface area (Å²) in [6, 6.07) is 8.41. The molecule has 0 amide bonds. The van der Waals surface area contributed by atoms with Crippen LogP contribution in [-0.2, 0) is 6.54 Å². The van der Waals surface area contributed by atoms with Crippen LogP contribution in [0, 0.1) is 0 Å². The summed E-state index contributed by atoms with van der Waals surface area (Å²) in [4.78, 5) is 1.26. The number of H-pyrrole nitrogens is 1. The Morgan fingerprint density at radius 3 is 2.65 bits per heavy atom. The fourth-order valence-electron chi connectivity index (χ4n) is 1.60. The summed E-state index contributed by atoms with van der Waals surface area (Å²) in [7, 11) is 1.92. The minimum atomic E-state index is 0.774. The summed E-state index contributed by atoms with van der Waals surface area (Å²) < 4.78 is 1.03. The Kier molecular flexibility index (Phi) is 4.25. The molecule has 0 aliphatic heterocycles. The smallest absolute Gasteiger partial charge is 0.107 e. The van der Waals surface area contributed by atoms with Crippen molar-refractivity contribution in [1.82, 2.24) is 15.5 Å². The third kappa shape index (κ3) is 2.73. The molecule has 0 atom stereocenters. The van der Waals surface area contributed by atoms with E-state index in [4.69, 9.17) is 0 Å². The molecule has 90 valence electrons. The van der Waals surface area contributed by atoms with Crippen LogP contribution in [0.25, 0.3) is 11.3 Å². The van der Waals surface area contributed by atoms with Crippen LogP contribution >= 0.6 is 27.7 Å². The van der Waals surface area contributed by atoms with E-state index in [0.717, 1.165) is 28.0 Å². The first-order chi connectivity index (χ1) is 8.26. The average Bonchev–Trinajstić information content (AvgIpc) is 2.72. The molecule has 0 aliphatic rings. The van der Waals surface area contributed by atoms with Gasteiger partial charge in [-0.25, -0.2) is 0 Å². The second kappa shape index (κ2) is 5.71. The summed E-state index contributed by atoms with van der Waals surface area (Å²) in [5.74, 6) is 0. The van der Waals surface area contributed by atoms with E-state index in [-0.39, 0.29) is 0 Å². The fraction of sp³-hybridized carbons (Fsp3) is 0.250. The van der Waals surface area contributed by atoms with Gasteiger partial charge < -0.3 is 5.32 Å². The second-order valence-electron chi connectivity index (χ2n) is 3.62. The van der Waals surface area contributed by atoms with Crippen molar-refractivity contribution < 1.29 is 0 Å². The Morgan fingerprint density at radius 2 is 2.06 bits per heavy atom. The molecule has 0 fully saturated rings. The topological polar surface area (TPSA) is 40.7 Å².